The second kappa shape index (κ2) is 7.91. The predicted octanol–water partition coefficient (Wildman–Crippen LogP) is 2.16. The van der Waals surface area contributed by atoms with Crippen LogP contribution in [-0.2, 0) is 11.2 Å². The molecule has 2 rings (SSSR count). The normalized spacial score (nSPS) is 10.7. The van der Waals surface area contributed by atoms with Crippen molar-refractivity contribution < 1.29 is 14.4 Å². The van der Waals surface area contributed by atoms with Gasteiger partial charge < -0.3 is 14.5 Å². The maximum atomic E-state index is 12.0. The molecule has 0 saturated carbocycles. The zero-order valence-corrected chi connectivity index (χ0v) is 13.1. The van der Waals surface area contributed by atoms with E-state index >= 15 is 0 Å². The molecule has 7 heteroatoms. The summed E-state index contributed by atoms with van der Waals surface area (Å²) in [6, 6.07) is 7.12. The Bertz CT molecular complexity index is 613. The van der Waals surface area contributed by atoms with Crippen molar-refractivity contribution in [1.29, 1.82) is 0 Å². The number of hydrogen-bond donors (Lipinski definition) is 1. The molecule has 0 spiro atoms. The zero-order chi connectivity index (χ0) is 15.9. The van der Waals surface area contributed by atoms with Crippen LogP contribution in [0.2, 0.25) is 5.02 Å². The van der Waals surface area contributed by atoms with Crippen LogP contribution in [0.4, 0.5) is 0 Å². The first kappa shape index (κ1) is 16.5. The van der Waals surface area contributed by atoms with Gasteiger partial charge in [0.25, 0.3) is 0 Å². The molecule has 1 aromatic carbocycles. The first-order valence-electron chi connectivity index (χ1n) is 7.11. The summed E-state index contributed by atoms with van der Waals surface area (Å²) in [5.74, 6) is 0.850. The number of carbonyl (C=O) groups excluding carboxylic acids is 1. The molecule has 0 unspecified atom stereocenters. The number of amides is 1. The molecule has 1 aromatic heterocycles. The Labute approximate surface area is 133 Å². The van der Waals surface area contributed by atoms with E-state index in [0.717, 1.165) is 5.56 Å². The predicted molar refractivity (Wildman–Crippen MR) is 82.4 cm³/mol. The van der Waals surface area contributed by atoms with Crippen LogP contribution in [0.25, 0.3) is 11.4 Å². The number of aryl methyl sites for hydroxylation is 1. The van der Waals surface area contributed by atoms with E-state index in [1.807, 2.05) is 19.1 Å². The average Bonchev–Trinajstić information content (AvgIpc) is 3.00. The van der Waals surface area contributed by atoms with Crippen molar-refractivity contribution >= 4 is 17.5 Å². The molecule has 0 aliphatic heterocycles. The van der Waals surface area contributed by atoms with Crippen molar-refractivity contribution in [1.82, 2.24) is 15.0 Å². The van der Waals surface area contributed by atoms with Gasteiger partial charge in [0.1, 0.15) is 0 Å². The first-order chi connectivity index (χ1) is 10.6. The molecule has 2 aromatic rings. The Balaban J connectivity index is 1.95. The van der Waals surface area contributed by atoms with E-state index in [9.17, 15) is 4.79 Å². The third kappa shape index (κ3) is 4.29. The third-order valence-electron chi connectivity index (χ3n) is 3.23. The SMILES string of the molecule is CCN(CCO)C(=O)CCc1nc(-c2ccc(Cl)cc2)no1. The van der Waals surface area contributed by atoms with E-state index in [0.29, 0.717) is 36.2 Å². The monoisotopic (exact) mass is 323 g/mol. The number of nitrogens with zero attached hydrogens (tertiary/aromatic N) is 3. The highest BCUT2D eigenvalue weighted by atomic mass is 35.5. The van der Waals surface area contributed by atoms with Crippen molar-refractivity contribution in [2.45, 2.75) is 19.8 Å². The Kier molecular flexibility index (Phi) is 5.91. The van der Waals surface area contributed by atoms with Gasteiger partial charge >= 0.3 is 0 Å². The summed E-state index contributed by atoms with van der Waals surface area (Å²) in [5, 5.41) is 13.4. The van der Waals surface area contributed by atoms with Crippen LogP contribution in [0.1, 0.15) is 19.2 Å². The number of likely N-dealkylation sites (N-methyl/N-ethyl adjacent to an activating group) is 1. The Morgan fingerprint density at radius 1 is 1.36 bits per heavy atom. The second-order valence-corrected chi connectivity index (χ2v) is 5.15. The van der Waals surface area contributed by atoms with Gasteiger partial charge in [0, 0.05) is 36.5 Å². The second-order valence-electron chi connectivity index (χ2n) is 4.72. The summed E-state index contributed by atoms with van der Waals surface area (Å²) < 4.78 is 5.16. The molecule has 6 nitrogen and oxygen atoms in total. The molecule has 1 amide bonds. The molecule has 22 heavy (non-hydrogen) atoms. The minimum atomic E-state index is -0.0408. The Morgan fingerprint density at radius 2 is 2.09 bits per heavy atom. The van der Waals surface area contributed by atoms with Gasteiger partial charge in [0.15, 0.2) is 0 Å². The number of halogens is 1. The van der Waals surface area contributed by atoms with Gasteiger partial charge in [-0.2, -0.15) is 4.98 Å². The summed E-state index contributed by atoms with van der Waals surface area (Å²) in [5.41, 5.74) is 0.807. The lowest BCUT2D eigenvalue weighted by Crippen LogP contribution is -2.33. The number of aliphatic hydroxyl groups is 1. The van der Waals surface area contributed by atoms with E-state index in [1.165, 1.54) is 0 Å². The molecule has 0 fully saturated rings. The molecule has 1 N–H and O–H groups in total. The molecule has 0 saturated heterocycles. The fraction of sp³-hybridized carbons (Fsp3) is 0.400. The maximum absolute atomic E-state index is 12.0. The summed E-state index contributed by atoms with van der Waals surface area (Å²) in [4.78, 5) is 17.8. The number of carbonyl (C=O) groups is 1. The van der Waals surface area contributed by atoms with Gasteiger partial charge in [-0.15, -0.1) is 0 Å². The molecule has 1 heterocycles. The maximum Gasteiger partial charge on any atom is 0.227 e. The zero-order valence-electron chi connectivity index (χ0n) is 12.3. The lowest BCUT2D eigenvalue weighted by molar-refractivity contribution is -0.131. The van der Waals surface area contributed by atoms with Crippen molar-refractivity contribution in [3.63, 3.8) is 0 Å². The summed E-state index contributed by atoms with van der Waals surface area (Å²) in [6.45, 7) is 2.74. The fourth-order valence-corrected chi connectivity index (χ4v) is 2.15. The smallest absolute Gasteiger partial charge is 0.227 e. The summed E-state index contributed by atoms with van der Waals surface area (Å²) in [6.07, 6.45) is 0.650. The minimum absolute atomic E-state index is 0.0391. The Hall–Kier alpha value is -1.92. The van der Waals surface area contributed by atoms with Crippen molar-refractivity contribution in [2.24, 2.45) is 0 Å². The van der Waals surface area contributed by atoms with Crippen molar-refractivity contribution in [3.05, 3.63) is 35.2 Å². The van der Waals surface area contributed by atoms with Gasteiger partial charge in [-0.25, -0.2) is 0 Å². The van der Waals surface area contributed by atoms with Crippen LogP contribution in [0.3, 0.4) is 0 Å². The van der Waals surface area contributed by atoms with E-state index in [1.54, 1.807) is 17.0 Å². The molecule has 0 atom stereocenters. The molecule has 0 bridgehead atoms. The van der Waals surface area contributed by atoms with Crippen LogP contribution in [-0.4, -0.2) is 45.8 Å². The topological polar surface area (TPSA) is 79.5 Å². The molecular weight excluding hydrogens is 306 g/mol. The van der Waals surface area contributed by atoms with Crippen LogP contribution < -0.4 is 0 Å². The van der Waals surface area contributed by atoms with Gasteiger partial charge in [-0.1, -0.05) is 16.8 Å². The highest BCUT2D eigenvalue weighted by Gasteiger charge is 2.14. The van der Waals surface area contributed by atoms with Gasteiger partial charge in [0.2, 0.25) is 17.6 Å². The van der Waals surface area contributed by atoms with Gasteiger partial charge in [-0.3, -0.25) is 4.79 Å². The quantitative estimate of drug-likeness (QED) is 0.844. The lowest BCUT2D eigenvalue weighted by Gasteiger charge is -2.18. The van der Waals surface area contributed by atoms with Crippen molar-refractivity contribution in [3.8, 4) is 11.4 Å². The highest BCUT2D eigenvalue weighted by Crippen LogP contribution is 2.19. The van der Waals surface area contributed by atoms with Crippen LogP contribution in [0, 0.1) is 0 Å². The van der Waals surface area contributed by atoms with E-state index in [-0.39, 0.29) is 18.9 Å². The summed E-state index contributed by atoms with van der Waals surface area (Å²) in [7, 11) is 0. The average molecular weight is 324 g/mol. The van der Waals surface area contributed by atoms with Crippen molar-refractivity contribution in [2.75, 3.05) is 19.7 Å². The molecule has 0 radical (unpaired) electrons. The van der Waals surface area contributed by atoms with E-state index in [2.05, 4.69) is 10.1 Å². The number of hydrogen-bond acceptors (Lipinski definition) is 5. The molecular formula is C15H18ClN3O3. The number of benzene rings is 1. The highest BCUT2D eigenvalue weighted by molar-refractivity contribution is 6.30. The fourth-order valence-electron chi connectivity index (χ4n) is 2.02. The van der Waals surface area contributed by atoms with Gasteiger partial charge in [0.05, 0.1) is 6.61 Å². The van der Waals surface area contributed by atoms with Crippen LogP contribution in [0.5, 0.6) is 0 Å². The largest absolute Gasteiger partial charge is 0.395 e. The van der Waals surface area contributed by atoms with E-state index in [4.69, 9.17) is 21.2 Å². The van der Waals surface area contributed by atoms with Crippen LogP contribution >= 0.6 is 11.6 Å². The molecule has 0 aliphatic rings. The van der Waals surface area contributed by atoms with E-state index < -0.39 is 0 Å². The number of rotatable bonds is 7. The first-order valence-corrected chi connectivity index (χ1v) is 7.49. The summed E-state index contributed by atoms with van der Waals surface area (Å²) >= 11 is 5.83. The lowest BCUT2D eigenvalue weighted by atomic mass is 10.2. The molecule has 118 valence electrons. The number of aliphatic hydroxyl groups excluding tert-OH is 1. The third-order valence-corrected chi connectivity index (χ3v) is 3.48. The standard InChI is InChI=1S/C15H18ClN3O3/c1-2-19(9-10-20)14(21)8-7-13-17-15(18-22-13)11-3-5-12(16)6-4-11/h3-6,20H,2,7-10H2,1H3. The number of aromatic nitrogens is 2. The Morgan fingerprint density at radius 3 is 2.73 bits per heavy atom. The van der Waals surface area contributed by atoms with Gasteiger partial charge in [-0.05, 0) is 31.2 Å². The molecule has 0 aliphatic carbocycles. The minimum Gasteiger partial charge on any atom is -0.395 e. The van der Waals surface area contributed by atoms with Crippen LogP contribution in [0.15, 0.2) is 28.8 Å².